The lowest BCUT2D eigenvalue weighted by molar-refractivity contribution is 0.0699. The van der Waals surface area contributed by atoms with Crippen molar-refractivity contribution in [2.24, 2.45) is 10.9 Å². The smallest absolute Gasteiger partial charge is 0.255 e. The maximum Gasteiger partial charge on any atom is 0.255 e. The Labute approximate surface area is 155 Å². The Kier molecular flexibility index (Phi) is 6.19. The molecule has 0 unspecified atom stereocenters. The fourth-order valence-corrected chi connectivity index (χ4v) is 5.32. The molecular weight excluding hydrogens is 371 g/mol. The van der Waals surface area contributed by atoms with Crippen LogP contribution >= 0.6 is 46.7 Å². The Bertz CT molecular complexity index is 616. The number of rotatable bonds is 3. The molecule has 0 saturated carbocycles. The van der Waals surface area contributed by atoms with Gasteiger partial charge >= 0.3 is 0 Å². The fraction of sp³-hybridized carbons (Fsp3) is 0.500. The molecule has 0 atom stereocenters. The number of halogens is 2. The van der Waals surface area contributed by atoms with Gasteiger partial charge in [-0.2, -0.15) is 0 Å². The van der Waals surface area contributed by atoms with Crippen molar-refractivity contribution in [1.82, 2.24) is 4.90 Å². The first kappa shape index (κ1) is 17.5. The van der Waals surface area contributed by atoms with Gasteiger partial charge in [-0.05, 0) is 37.0 Å². The summed E-state index contributed by atoms with van der Waals surface area (Å²) in [6, 6.07) is 5.04. The minimum atomic E-state index is -0.0145. The number of carbonyl (C=O) groups excluding carboxylic acids is 1. The van der Waals surface area contributed by atoms with Gasteiger partial charge in [0.15, 0.2) is 0 Å². The number of thioether (sulfide) groups is 2. The van der Waals surface area contributed by atoms with Gasteiger partial charge in [-0.3, -0.25) is 9.79 Å². The molecule has 1 fully saturated rings. The summed E-state index contributed by atoms with van der Waals surface area (Å²) in [7, 11) is 0. The minimum absolute atomic E-state index is 0.0145. The highest BCUT2D eigenvalue weighted by molar-refractivity contribution is 8.39. The summed E-state index contributed by atoms with van der Waals surface area (Å²) in [4.78, 5) is 19.0. The maximum atomic E-state index is 12.6. The molecule has 3 nitrogen and oxygen atoms in total. The van der Waals surface area contributed by atoms with E-state index in [1.165, 1.54) is 4.38 Å². The molecule has 0 spiro atoms. The van der Waals surface area contributed by atoms with Gasteiger partial charge in [0, 0.05) is 29.6 Å². The van der Waals surface area contributed by atoms with Crippen LogP contribution in [0.15, 0.2) is 23.2 Å². The molecule has 1 aromatic rings. The van der Waals surface area contributed by atoms with Crippen LogP contribution in [0, 0.1) is 5.92 Å². The average molecular weight is 389 g/mol. The van der Waals surface area contributed by atoms with Crippen LogP contribution in [0.25, 0.3) is 0 Å². The summed E-state index contributed by atoms with van der Waals surface area (Å²) in [6.45, 7) is 2.53. The van der Waals surface area contributed by atoms with Gasteiger partial charge in [0.25, 0.3) is 5.91 Å². The zero-order valence-electron chi connectivity index (χ0n) is 12.6. The summed E-state index contributed by atoms with van der Waals surface area (Å²) < 4.78 is 1.23. The molecule has 0 radical (unpaired) electrons. The van der Waals surface area contributed by atoms with E-state index in [2.05, 4.69) is 4.99 Å². The van der Waals surface area contributed by atoms with E-state index in [1.807, 2.05) is 28.4 Å². The Morgan fingerprint density at radius 1 is 1.35 bits per heavy atom. The number of aliphatic imine (C=N–C) groups is 1. The molecule has 124 valence electrons. The molecule has 2 aliphatic rings. The van der Waals surface area contributed by atoms with Crippen LogP contribution in [0.2, 0.25) is 10.0 Å². The van der Waals surface area contributed by atoms with E-state index < -0.39 is 0 Å². The van der Waals surface area contributed by atoms with E-state index in [9.17, 15) is 4.79 Å². The summed E-state index contributed by atoms with van der Waals surface area (Å²) in [5.41, 5.74) is 0.503. The van der Waals surface area contributed by atoms with Gasteiger partial charge < -0.3 is 4.90 Å². The topological polar surface area (TPSA) is 32.7 Å². The van der Waals surface area contributed by atoms with Gasteiger partial charge in [-0.1, -0.05) is 46.7 Å². The average Bonchev–Trinajstić information content (AvgIpc) is 3.08. The molecule has 7 heteroatoms. The molecule has 1 aromatic carbocycles. The van der Waals surface area contributed by atoms with Gasteiger partial charge in [0.1, 0.15) is 4.38 Å². The third kappa shape index (κ3) is 4.59. The lowest BCUT2D eigenvalue weighted by Gasteiger charge is -2.32. The van der Waals surface area contributed by atoms with Crippen LogP contribution in [0.3, 0.4) is 0 Å². The van der Waals surface area contributed by atoms with Crippen molar-refractivity contribution in [3.63, 3.8) is 0 Å². The van der Waals surface area contributed by atoms with Crippen LogP contribution in [0.4, 0.5) is 0 Å². The van der Waals surface area contributed by atoms with E-state index >= 15 is 0 Å². The SMILES string of the molecule is O=C(c1cc(Cl)ccc1Cl)N1CCC(CSC2=NCCS2)CC1. The molecule has 2 heterocycles. The van der Waals surface area contributed by atoms with E-state index in [0.29, 0.717) is 21.5 Å². The first-order valence-electron chi connectivity index (χ1n) is 7.68. The predicted octanol–water partition coefficient (Wildman–Crippen LogP) is 4.68. The van der Waals surface area contributed by atoms with Crippen molar-refractivity contribution < 1.29 is 4.79 Å². The van der Waals surface area contributed by atoms with Gasteiger partial charge in [-0.25, -0.2) is 0 Å². The third-order valence-corrected chi connectivity index (χ3v) is 7.11. The molecular formula is C16H18Cl2N2OS2. The van der Waals surface area contributed by atoms with E-state index in [1.54, 1.807) is 18.2 Å². The van der Waals surface area contributed by atoms with Crippen molar-refractivity contribution in [2.75, 3.05) is 31.1 Å². The molecule has 0 bridgehead atoms. The monoisotopic (exact) mass is 388 g/mol. The second kappa shape index (κ2) is 8.15. The Morgan fingerprint density at radius 3 is 2.83 bits per heavy atom. The number of carbonyl (C=O) groups is 1. The first-order chi connectivity index (χ1) is 11.1. The zero-order chi connectivity index (χ0) is 16.2. The second-order valence-electron chi connectivity index (χ2n) is 5.67. The second-order valence-corrected chi connectivity index (χ2v) is 8.86. The van der Waals surface area contributed by atoms with Gasteiger partial charge in [0.2, 0.25) is 0 Å². The highest BCUT2D eigenvalue weighted by atomic mass is 35.5. The number of amides is 1. The predicted molar refractivity (Wildman–Crippen MR) is 102 cm³/mol. The van der Waals surface area contributed by atoms with Gasteiger partial charge in [0.05, 0.1) is 17.1 Å². The molecule has 0 aliphatic carbocycles. The van der Waals surface area contributed by atoms with Crippen molar-refractivity contribution in [3.8, 4) is 0 Å². The standard InChI is InChI=1S/C16H18Cl2N2OS2/c17-12-1-2-14(18)13(9-12)15(21)20-6-3-11(4-7-20)10-23-16-19-5-8-22-16/h1-2,9,11H,3-8,10H2. The number of likely N-dealkylation sites (tertiary alicyclic amines) is 1. The van der Waals surface area contributed by atoms with Crippen molar-refractivity contribution in [3.05, 3.63) is 33.8 Å². The Morgan fingerprint density at radius 2 is 2.13 bits per heavy atom. The van der Waals surface area contributed by atoms with Crippen LogP contribution in [0.5, 0.6) is 0 Å². The number of piperidine rings is 1. The third-order valence-electron chi connectivity index (χ3n) is 4.06. The summed E-state index contributed by atoms with van der Waals surface area (Å²) >= 11 is 15.8. The molecule has 2 aliphatic heterocycles. The zero-order valence-corrected chi connectivity index (χ0v) is 15.8. The minimum Gasteiger partial charge on any atom is -0.339 e. The first-order valence-corrected chi connectivity index (χ1v) is 10.4. The lowest BCUT2D eigenvalue weighted by atomic mass is 9.98. The molecule has 0 N–H and O–H groups in total. The van der Waals surface area contributed by atoms with Crippen molar-refractivity contribution in [2.45, 2.75) is 12.8 Å². The maximum absolute atomic E-state index is 12.6. The Balaban J connectivity index is 1.52. The highest BCUT2D eigenvalue weighted by Gasteiger charge is 2.25. The molecule has 1 saturated heterocycles. The van der Waals surface area contributed by atoms with E-state index in [0.717, 1.165) is 44.0 Å². The van der Waals surface area contributed by atoms with Crippen LogP contribution in [-0.2, 0) is 0 Å². The number of hydrogen-bond acceptors (Lipinski definition) is 4. The number of benzene rings is 1. The summed E-state index contributed by atoms with van der Waals surface area (Å²) in [5.74, 6) is 2.86. The molecule has 1 amide bonds. The largest absolute Gasteiger partial charge is 0.339 e. The van der Waals surface area contributed by atoms with Crippen LogP contribution in [0.1, 0.15) is 23.2 Å². The van der Waals surface area contributed by atoms with Crippen molar-refractivity contribution >= 4 is 57.0 Å². The molecule has 3 rings (SSSR count). The molecule has 23 heavy (non-hydrogen) atoms. The van der Waals surface area contributed by atoms with E-state index in [-0.39, 0.29) is 5.91 Å². The van der Waals surface area contributed by atoms with Crippen molar-refractivity contribution in [1.29, 1.82) is 0 Å². The Hall–Kier alpha value is -0.360. The number of hydrogen-bond donors (Lipinski definition) is 0. The normalized spacial score (nSPS) is 19.0. The fourth-order valence-electron chi connectivity index (χ4n) is 2.73. The van der Waals surface area contributed by atoms with Crippen LogP contribution in [-0.4, -0.2) is 46.3 Å². The molecule has 0 aromatic heterocycles. The summed E-state index contributed by atoms with van der Waals surface area (Å²) in [5, 5.41) is 1.01. The summed E-state index contributed by atoms with van der Waals surface area (Å²) in [6.07, 6.45) is 2.07. The lowest BCUT2D eigenvalue weighted by Crippen LogP contribution is -2.39. The quantitative estimate of drug-likeness (QED) is 0.753. The number of nitrogens with zero attached hydrogens (tertiary/aromatic N) is 2. The van der Waals surface area contributed by atoms with Crippen LogP contribution < -0.4 is 0 Å². The van der Waals surface area contributed by atoms with Gasteiger partial charge in [-0.15, -0.1) is 0 Å². The van der Waals surface area contributed by atoms with E-state index in [4.69, 9.17) is 23.2 Å². The highest BCUT2D eigenvalue weighted by Crippen LogP contribution is 2.29.